The maximum Gasteiger partial charge on any atom is 0.410 e. The Kier molecular flexibility index (Phi) is 19.7. The van der Waals surface area contributed by atoms with Gasteiger partial charge >= 0.3 is 17.6 Å². The van der Waals surface area contributed by atoms with Gasteiger partial charge in [0.2, 0.25) is 11.8 Å². The zero-order valence-corrected chi connectivity index (χ0v) is 47.5. The van der Waals surface area contributed by atoms with Gasteiger partial charge in [-0.05, 0) is 126 Å². The van der Waals surface area contributed by atoms with Crippen LogP contribution in [0.5, 0.6) is 11.8 Å². The number of likely N-dealkylation sites (tertiary alicyclic amines) is 2. The Balaban J connectivity index is 0.000000219. The average molecular weight is 1120 g/mol. The second kappa shape index (κ2) is 25.3. The molecule has 4 aliphatic rings. The molecule has 6 heterocycles. The van der Waals surface area contributed by atoms with E-state index >= 15 is 0 Å². The number of aromatic nitrogens is 6. The summed E-state index contributed by atoms with van der Waals surface area (Å²) in [7, 11) is -6.69. The summed E-state index contributed by atoms with van der Waals surface area (Å²) in [4.78, 5) is 63.4. The molecule has 0 unspecified atom stereocenters. The number of hydrogen-bond donors (Lipinski definition) is 2. The summed E-state index contributed by atoms with van der Waals surface area (Å²) in [5.74, 6) is 2.06. The minimum absolute atomic E-state index is 0.0696. The molecule has 2 saturated heterocycles. The molecule has 4 aromatic heterocycles. The van der Waals surface area contributed by atoms with Crippen molar-refractivity contribution >= 4 is 71.9 Å². The summed E-state index contributed by atoms with van der Waals surface area (Å²) < 4.78 is 77.3. The van der Waals surface area contributed by atoms with Gasteiger partial charge in [0, 0.05) is 63.5 Å². The minimum Gasteiger partial charge on any atom is -0.474 e. The predicted molar refractivity (Wildman–Crippen MR) is 284 cm³/mol. The third-order valence-corrected chi connectivity index (χ3v) is 16.6. The van der Waals surface area contributed by atoms with Crippen molar-refractivity contribution in [1.29, 1.82) is 0 Å². The van der Waals surface area contributed by atoms with E-state index in [-0.39, 0.29) is 57.2 Å². The molecule has 416 valence electrons. The number of rotatable bonds is 14. The Hall–Kier alpha value is -6.14. The van der Waals surface area contributed by atoms with E-state index in [1.54, 1.807) is 49.6 Å². The zero-order chi connectivity index (χ0) is 55.7. The molecule has 0 atom stereocenters. The SMILES string of the molecule is CC(C)OC(=O)Cl.Cc1nc(S(=O)(=O)C2CC2)ccc1Nc1ncnc(OC2CCN(C(=O)OC(C)(C)C)CC2)c1C.Cc1nc(S(=O)(=O)C2CC2)ccc1Nc1ncnc(OC2CCN(C(=O)OC(C)C)CC2)c1C. The average Bonchev–Trinajstić information content (AvgIpc) is 4.27. The number of amides is 2. The lowest BCUT2D eigenvalue weighted by Gasteiger charge is -2.33. The smallest absolute Gasteiger partial charge is 0.410 e. The molecule has 25 heteroatoms. The Morgan fingerprint density at radius 1 is 0.592 bits per heavy atom. The van der Waals surface area contributed by atoms with Crippen molar-refractivity contribution in [2.24, 2.45) is 0 Å². The maximum absolute atomic E-state index is 12.5. The van der Waals surface area contributed by atoms with E-state index in [1.165, 1.54) is 24.8 Å². The third kappa shape index (κ3) is 16.7. The van der Waals surface area contributed by atoms with Gasteiger partial charge in [-0.3, -0.25) is 0 Å². The number of carbonyl (C=O) groups is 3. The Labute approximate surface area is 450 Å². The van der Waals surface area contributed by atoms with Gasteiger partial charge in [0.05, 0.1) is 56.6 Å². The van der Waals surface area contributed by atoms with Crippen LogP contribution in [0.4, 0.5) is 37.4 Å². The van der Waals surface area contributed by atoms with Gasteiger partial charge < -0.3 is 44.1 Å². The topological polar surface area (TPSA) is 274 Å². The quantitative estimate of drug-likeness (QED) is 0.0879. The maximum atomic E-state index is 12.5. The fourth-order valence-electron chi connectivity index (χ4n) is 7.78. The van der Waals surface area contributed by atoms with E-state index in [0.29, 0.717) is 124 Å². The molecule has 8 rings (SSSR count). The first-order valence-electron chi connectivity index (χ1n) is 25.4. The highest BCUT2D eigenvalue weighted by Crippen LogP contribution is 2.36. The van der Waals surface area contributed by atoms with E-state index in [4.69, 9.17) is 30.5 Å². The highest BCUT2D eigenvalue weighted by atomic mass is 35.5. The lowest BCUT2D eigenvalue weighted by atomic mass is 10.1. The van der Waals surface area contributed by atoms with Crippen LogP contribution in [0, 0.1) is 27.7 Å². The van der Waals surface area contributed by atoms with Crippen molar-refractivity contribution in [3.05, 3.63) is 59.4 Å². The molecule has 2 saturated carbocycles. The first-order valence-corrected chi connectivity index (χ1v) is 28.9. The Bertz CT molecular complexity index is 2920. The number of hydrogen-bond acceptors (Lipinski definition) is 20. The number of nitrogens with zero attached hydrogens (tertiary/aromatic N) is 8. The van der Waals surface area contributed by atoms with Crippen LogP contribution in [0.3, 0.4) is 0 Å². The lowest BCUT2D eigenvalue weighted by molar-refractivity contribution is 0.0122. The number of ether oxygens (including phenoxy) is 5. The highest BCUT2D eigenvalue weighted by molar-refractivity contribution is 7.92. The summed E-state index contributed by atoms with van der Waals surface area (Å²) in [6.07, 6.45) is 7.36. The van der Waals surface area contributed by atoms with E-state index in [2.05, 4.69) is 45.3 Å². The molecule has 0 radical (unpaired) electrons. The number of piperidine rings is 2. The molecule has 2 N–H and O–H groups in total. The molecule has 4 fully saturated rings. The number of nitrogens with one attached hydrogen (secondary N) is 2. The third-order valence-electron chi connectivity index (χ3n) is 12.2. The molecule has 22 nitrogen and oxygen atoms in total. The summed E-state index contributed by atoms with van der Waals surface area (Å²) in [5.41, 5.74) is 2.68. The van der Waals surface area contributed by atoms with E-state index in [9.17, 15) is 31.2 Å². The van der Waals surface area contributed by atoms with Gasteiger partial charge in [-0.15, -0.1) is 0 Å². The van der Waals surface area contributed by atoms with E-state index < -0.39 is 30.7 Å². The second-order valence-electron chi connectivity index (χ2n) is 20.5. The van der Waals surface area contributed by atoms with Gasteiger partial charge in [-0.2, -0.15) is 0 Å². The summed E-state index contributed by atoms with van der Waals surface area (Å²) in [5, 5.41) is 6.09. The largest absolute Gasteiger partial charge is 0.474 e. The first kappa shape index (κ1) is 59.1. The normalized spacial score (nSPS) is 16.4. The van der Waals surface area contributed by atoms with Crippen LogP contribution in [-0.4, -0.2) is 141 Å². The number of carbonyl (C=O) groups excluding carboxylic acids is 3. The van der Waals surface area contributed by atoms with Crippen molar-refractivity contribution in [3.63, 3.8) is 0 Å². The van der Waals surface area contributed by atoms with Crippen LogP contribution in [0.2, 0.25) is 0 Å². The van der Waals surface area contributed by atoms with Gasteiger partial charge in [-0.25, -0.2) is 61.1 Å². The summed E-state index contributed by atoms with van der Waals surface area (Å²) >= 11 is 4.81. The standard InChI is InChI=1S/C24H33N5O5S.C23H31N5O5S.C4H7ClO2/c1-15-21(28-19-8-9-20(27-16(19)2)35(31,32)18-6-7-18)25-14-26-22(15)33-17-10-12-29(13-11-17)23(30)34-24(3,4)5;1-14(2)32-23(29)28-11-9-17(10-12-28)33-22-15(3)21(24-13-25-22)27-19-7-8-20(26-16(19)4)34(30,31)18-5-6-18;1-3(2)7-4(5)6/h8-9,14,17-18H,6-7,10-13H2,1-5H3,(H,25,26,28);7-8,13-14,17-18H,5-6,9-12H2,1-4H3,(H,24,25,27);3H,1-2H3. The molecular formula is C51H71ClN10O12S2. The highest BCUT2D eigenvalue weighted by Gasteiger charge is 2.39. The fraction of sp³-hybridized carbons (Fsp3) is 0.588. The van der Waals surface area contributed by atoms with E-state index in [0.717, 1.165) is 11.1 Å². The zero-order valence-electron chi connectivity index (χ0n) is 45.1. The van der Waals surface area contributed by atoms with E-state index in [1.807, 2.05) is 48.5 Å². The van der Waals surface area contributed by atoms with Gasteiger partial charge in [0.25, 0.3) is 0 Å². The lowest BCUT2D eigenvalue weighted by Crippen LogP contribution is -2.44. The summed E-state index contributed by atoms with van der Waals surface area (Å²) in [6.45, 7) is 22.2. The van der Waals surface area contributed by atoms with Crippen molar-refractivity contribution in [3.8, 4) is 11.8 Å². The fourth-order valence-corrected chi connectivity index (χ4v) is 11.2. The van der Waals surface area contributed by atoms with Crippen LogP contribution >= 0.6 is 11.6 Å². The summed E-state index contributed by atoms with van der Waals surface area (Å²) in [6, 6.07) is 6.50. The van der Waals surface area contributed by atoms with Crippen LogP contribution in [-0.2, 0) is 33.9 Å². The van der Waals surface area contributed by atoms with Gasteiger partial charge in [0.1, 0.15) is 42.1 Å². The molecule has 0 bridgehead atoms. The number of aryl methyl sites for hydroxylation is 2. The molecule has 2 aliphatic carbocycles. The Morgan fingerprint density at radius 3 is 1.29 bits per heavy atom. The Morgan fingerprint density at radius 2 is 0.974 bits per heavy atom. The molecule has 76 heavy (non-hydrogen) atoms. The van der Waals surface area contributed by atoms with Crippen LogP contribution in [0.25, 0.3) is 0 Å². The second-order valence-corrected chi connectivity index (χ2v) is 25.2. The first-order chi connectivity index (χ1) is 35.7. The number of sulfone groups is 2. The van der Waals surface area contributed by atoms with Crippen LogP contribution in [0.15, 0.2) is 47.0 Å². The molecule has 2 aliphatic heterocycles. The van der Waals surface area contributed by atoms with Crippen LogP contribution in [0.1, 0.15) is 122 Å². The number of pyridine rings is 2. The molecular weight excluding hydrogens is 1040 g/mol. The molecule has 2 amide bonds. The predicted octanol–water partition coefficient (Wildman–Crippen LogP) is 9.27. The molecule has 0 aromatic carbocycles. The van der Waals surface area contributed by atoms with Gasteiger partial charge in [0.15, 0.2) is 29.7 Å². The van der Waals surface area contributed by atoms with Gasteiger partial charge in [-0.1, -0.05) is 0 Å². The van der Waals surface area contributed by atoms with Crippen molar-refractivity contribution in [2.75, 3.05) is 36.8 Å². The molecule has 4 aromatic rings. The molecule has 0 spiro atoms. The number of anilines is 4. The number of halogens is 1. The monoisotopic (exact) mass is 1110 g/mol. The van der Waals surface area contributed by atoms with Crippen molar-refractivity contribution in [1.82, 2.24) is 39.7 Å². The minimum atomic E-state index is -3.34. The van der Waals surface area contributed by atoms with Crippen molar-refractivity contribution < 1.29 is 54.9 Å². The van der Waals surface area contributed by atoms with Crippen molar-refractivity contribution in [2.45, 2.75) is 178 Å². The van der Waals surface area contributed by atoms with Crippen LogP contribution < -0.4 is 20.1 Å².